The third-order valence-corrected chi connectivity index (χ3v) is 5.06. The Balaban J connectivity index is 2.22. The Labute approximate surface area is 133 Å². The lowest BCUT2D eigenvalue weighted by Crippen LogP contribution is -2.44. The van der Waals surface area contributed by atoms with E-state index >= 15 is 0 Å². The van der Waals surface area contributed by atoms with Gasteiger partial charge >= 0.3 is 5.97 Å². The van der Waals surface area contributed by atoms with E-state index in [4.69, 9.17) is 9.88 Å². The molecule has 1 fully saturated rings. The van der Waals surface area contributed by atoms with Gasteiger partial charge in [0.05, 0.1) is 7.11 Å². The second-order valence-electron chi connectivity index (χ2n) is 5.37. The molecule has 2 rings (SSSR count). The topological polar surface area (TPSA) is 127 Å². The molecule has 0 aliphatic carbocycles. The number of methoxy groups -OCH3 is 1. The molecule has 1 aliphatic rings. The van der Waals surface area contributed by atoms with Crippen LogP contribution in [-0.2, 0) is 26.0 Å². The number of benzene rings is 1. The molecule has 23 heavy (non-hydrogen) atoms. The number of aliphatic carboxylic acids is 1. The molecule has 0 bridgehead atoms. The van der Waals surface area contributed by atoms with Gasteiger partial charge in [-0.05, 0) is 17.7 Å². The van der Waals surface area contributed by atoms with Gasteiger partial charge in [-0.15, -0.1) is 0 Å². The Kier molecular flexibility index (Phi) is 4.90. The summed E-state index contributed by atoms with van der Waals surface area (Å²) in [5.41, 5.74) is 0.670. The summed E-state index contributed by atoms with van der Waals surface area (Å²) in [5.74, 6) is -1.16. The van der Waals surface area contributed by atoms with E-state index in [9.17, 15) is 23.1 Å². The molecule has 1 heterocycles. The number of nitrogens with zero attached hydrogens (tertiary/aromatic N) is 1. The maximum Gasteiger partial charge on any atom is 0.326 e. The van der Waals surface area contributed by atoms with Gasteiger partial charge in [-0.2, -0.15) is 0 Å². The largest absolute Gasteiger partial charge is 0.497 e. The molecule has 8 nitrogen and oxygen atoms in total. The summed E-state index contributed by atoms with van der Waals surface area (Å²) in [4.78, 5) is 24.6. The predicted molar refractivity (Wildman–Crippen MR) is 81.3 cm³/mol. The fraction of sp³-hybridized carbons (Fsp3) is 0.429. The molecule has 1 saturated heterocycles. The first-order valence-corrected chi connectivity index (χ1v) is 8.50. The van der Waals surface area contributed by atoms with E-state index in [-0.39, 0.29) is 19.4 Å². The van der Waals surface area contributed by atoms with E-state index in [0.29, 0.717) is 11.3 Å². The number of carboxylic acids is 1. The van der Waals surface area contributed by atoms with E-state index in [1.807, 2.05) is 0 Å². The van der Waals surface area contributed by atoms with Gasteiger partial charge in [-0.1, -0.05) is 12.1 Å². The zero-order chi connectivity index (χ0) is 17.2. The molecular weight excluding hydrogens is 324 g/mol. The summed E-state index contributed by atoms with van der Waals surface area (Å²) in [6.07, 6.45) is -0.240. The van der Waals surface area contributed by atoms with Crippen LogP contribution >= 0.6 is 0 Å². The van der Waals surface area contributed by atoms with Crippen molar-refractivity contribution in [3.8, 4) is 5.75 Å². The number of hydrogen-bond donors (Lipinski definition) is 2. The molecule has 126 valence electrons. The molecule has 0 radical (unpaired) electrons. The molecule has 2 unspecified atom stereocenters. The Hall–Kier alpha value is -2.13. The quantitative estimate of drug-likeness (QED) is 0.723. The lowest BCUT2D eigenvalue weighted by Gasteiger charge is -2.24. The molecule has 1 aliphatic heterocycles. The number of hydrogen-bond acceptors (Lipinski definition) is 5. The number of carboxylic acid groups (broad SMARTS) is 1. The van der Waals surface area contributed by atoms with Gasteiger partial charge in [0, 0.05) is 19.4 Å². The summed E-state index contributed by atoms with van der Waals surface area (Å²) < 4.78 is 27.9. The van der Waals surface area contributed by atoms with Crippen LogP contribution in [0.5, 0.6) is 5.75 Å². The summed E-state index contributed by atoms with van der Waals surface area (Å²) in [6.45, 7) is -0.210. The van der Waals surface area contributed by atoms with Crippen LogP contribution < -0.4 is 9.88 Å². The highest BCUT2D eigenvalue weighted by Crippen LogP contribution is 2.22. The molecule has 1 aromatic rings. The highest BCUT2D eigenvalue weighted by Gasteiger charge is 2.41. The fourth-order valence-corrected chi connectivity index (χ4v) is 3.32. The van der Waals surface area contributed by atoms with E-state index < -0.39 is 33.2 Å². The number of rotatable bonds is 6. The normalized spacial score (nSPS) is 19.7. The molecule has 2 atom stereocenters. The molecule has 9 heteroatoms. The summed E-state index contributed by atoms with van der Waals surface area (Å²) in [7, 11) is -2.39. The van der Waals surface area contributed by atoms with Gasteiger partial charge in [0.1, 0.15) is 17.0 Å². The molecule has 1 aromatic carbocycles. The predicted octanol–water partition coefficient (Wildman–Crippen LogP) is -0.420. The SMILES string of the molecule is COc1cccc(CC(C(=O)O)N2CC(S(N)(=O)=O)CC2=O)c1. The fourth-order valence-electron chi connectivity index (χ4n) is 2.57. The Morgan fingerprint density at radius 1 is 1.52 bits per heavy atom. The van der Waals surface area contributed by atoms with Crippen molar-refractivity contribution in [3.05, 3.63) is 29.8 Å². The van der Waals surface area contributed by atoms with Crippen LogP contribution in [0.1, 0.15) is 12.0 Å². The monoisotopic (exact) mass is 342 g/mol. The Bertz CT molecular complexity index is 718. The van der Waals surface area contributed by atoms with Crippen molar-refractivity contribution in [3.63, 3.8) is 0 Å². The highest BCUT2D eigenvalue weighted by atomic mass is 32.2. The lowest BCUT2D eigenvalue weighted by molar-refractivity contribution is -0.148. The first-order chi connectivity index (χ1) is 10.7. The first-order valence-electron chi connectivity index (χ1n) is 6.89. The van der Waals surface area contributed by atoms with Crippen molar-refractivity contribution < 1.29 is 27.9 Å². The number of ether oxygens (including phenoxy) is 1. The zero-order valence-corrected chi connectivity index (χ0v) is 13.3. The van der Waals surface area contributed by atoms with Crippen LogP contribution in [0.2, 0.25) is 0 Å². The minimum absolute atomic E-state index is 0.0512. The third kappa shape index (κ3) is 3.99. The van der Waals surface area contributed by atoms with Crippen molar-refractivity contribution in [1.29, 1.82) is 0 Å². The second-order valence-corrected chi connectivity index (χ2v) is 7.22. The first kappa shape index (κ1) is 17.2. The van der Waals surface area contributed by atoms with Gasteiger partial charge in [0.2, 0.25) is 15.9 Å². The van der Waals surface area contributed by atoms with Crippen molar-refractivity contribution in [2.75, 3.05) is 13.7 Å². The van der Waals surface area contributed by atoms with Gasteiger partial charge in [0.15, 0.2) is 0 Å². The second kappa shape index (κ2) is 6.55. The highest BCUT2D eigenvalue weighted by molar-refractivity contribution is 7.89. The van der Waals surface area contributed by atoms with Crippen LogP contribution in [0.25, 0.3) is 0 Å². The van der Waals surface area contributed by atoms with E-state index in [1.165, 1.54) is 7.11 Å². The smallest absolute Gasteiger partial charge is 0.326 e. The van der Waals surface area contributed by atoms with E-state index in [0.717, 1.165) is 4.90 Å². The summed E-state index contributed by atoms with van der Waals surface area (Å²) >= 11 is 0. The van der Waals surface area contributed by atoms with Crippen LogP contribution in [0, 0.1) is 0 Å². The molecule has 0 saturated carbocycles. The Morgan fingerprint density at radius 3 is 2.74 bits per heavy atom. The van der Waals surface area contributed by atoms with Gasteiger partial charge in [0.25, 0.3) is 0 Å². The van der Waals surface area contributed by atoms with Crippen LogP contribution in [0.15, 0.2) is 24.3 Å². The number of primary sulfonamides is 1. The summed E-state index contributed by atoms with van der Waals surface area (Å²) in [6, 6.07) is 5.68. The van der Waals surface area contributed by atoms with Crippen LogP contribution in [0.4, 0.5) is 0 Å². The molecule has 1 amide bonds. The van der Waals surface area contributed by atoms with Crippen molar-refractivity contribution in [1.82, 2.24) is 4.90 Å². The maximum absolute atomic E-state index is 12.0. The Morgan fingerprint density at radius 2 is 2.22 bits per heavy atom. The summed E-state index contributed by atoms with van der Waals surface area (Å²) in [5, 5.41) is 13.4. The van der Waals surface area contributed by atoms with E-state index in [1.54, 1.807) is 24.3 Å². The average molecular weight is 342 g/mol. The number of sulfonamides is 1. The van der Waals surface area contributed by atoms with Crippen LogP contribution in [-0.4, -0.2) is 55.2 Å². The molecule has 0 aromatic heterocycles. The minimum Gasteiger partial charge on any atom is -0.497 e. The average Bonchev–Trinajstić information content (AvgIpc) is 2.86. The van der Waals surface area contributed by atoms with Crippen molar-refractivity contribution in [2.45, 2.75) is 24.1 Å². The third-order valence-electron chi connectivity index (χ3n) is 3.81. The molecule has 0 spiro atoms. The van der Waals surface area contributed by atoms with Crippen molar-refractivity contribution in [2.24, 2.45) is 5.14 Å². The number of amides is 1. The molecular formula is C14H18N2O6S. The lowest BCUT2D eigenvalue weighted by atomic mass is 10.0. The number of carbonyl (C=O) groups excluding carboxylic acids is 1. The number of likely N-dealkylation sites (tertiary alicyclic amines) is 1. The van der Waals surface area contributed by atoms with Gasteiger partial charge < -0.3 is 14.7 Å². The maximum atomic E-state index is 12.0. The number of nitrogens with two attached hydrogens (primary N) is 1. The standard InChI is InChI=1S/C14H18N2O6S/c1-22-10-4-2-3-9(5-10)6-12(14(18)19)16-8-11(7-13(16)17)23(15,20)21/h2-5,11-12H,6-8H2,1H3,(H,18,19)(H2,15,20,21). The minimum atomic E-state index is -3.89. The van der Waals surface area contributed by atoms with Crippen molar-refractivity contribution >= 4 is 21.9 Å². The zero-order valence-electron chi connectivity index (χ0n) is 12.5. The molecule has 3 N–H and O–H groups in total. The van der Waals surface area contributed by atoms with Gasteiger partial charge in [-0.25, -0.2) is 18.4 Å². The van der Waals surface area contributed by atoms with E-state index in [2.05, 4.69) is 0 Å². The van der Waals surface area contributed by atoms with Crippen LogP contribution in [0.3, 0.4) is 0 Å². The van der Waals surface area contributed by atoms with Gasteiger partial charge in [-0.3, -0.25) is 4.79 Å². The number of carbonyl (C=O) groups is 2.